The Morgan fingerprint density at radius 2 is 1.92 bits per heavy atom. The quantitative estimate of drug-likeness (QED) is 0.732. The summed E-state index contributed by atoms with van der Waals surface area (Å²) in [6, 6.07) is 17.4. The fraction of sp³-hybridized carbons (Fsp3) is 0.250. The smallest absolute Gasteiger partial charge is 0.224 e. The van der Waals surface area contributed by atoms with E-state index in [1.165, 1.54) is 5.56 Å². The molecule has 1 amide bonds. The molecule has 0 radical (unpaired) electrons. The molecule has 0 saturated heterocycles. The van der Waals surface area contributed by atoms with Gasteiger partial charge in [-0.3, -0.25) is 4.79 Å². The molecule has 3 rings (SSSR count). The topological polar surface area (TPSA) is 51.5 Å². The summed E-state index contributed by atoms with van der Waals surface area (Å²) in [5.74, 6) is 1.47. The highest BCUT2D eigenvalue weighted by Crippen LogP contribution is 2.23. The molecule has 0 saturated carbocycles. The highest BCUT2D eigenvalue weighted by Gasteiger charge is 2.14. The Labute approximate surface area is 141 Å². The number of amides is 1. The Kier molecular flexibility index (Phi) is 4.85. The van der Waals surface area contributed by atoms with E-state index in [0.29, 0.717) is 13.0 Å². The van der Waals surface area contributed by atoms with E-state index in [9.17, 15) is 4.79 Å². The predicted molar refractivity (Wildman–Crippen MR) is 94.1 cm³/mol. The third-order valence-electron chi connectivity index (χ3n) is 3.87. The normalized spacial score (nSPS) is 12.1. The van der Waals surface area contributed by atoms with Crippen molar-refractivity contribution in [3.8, 4) is 5.75 Å². The first-order valence-electron chi connectivity index (χ1n) is 8.09. The van der Waals surface area contributed by atoms with Gasteiger partial charge >= 0.3 is 0 Å². The number of carbonyl (C=O) groups excluding carboxylic acids is 1. The fourth-order valence-corrected chi connectivity index (χ4v) is 2.50. The number of furan rings is 1. The molecule has 2 aromatic carbocycles. The summed E-state index contributed by atoms with van der Waals surface area (Å²) >= 11 is 0. The zero-order valence-corrected chi connectivity index (χ0v) is 13.9. The van der Waals surface area contributed by atoms with Crippen molar-refractivity contribution in [2.45, 2.75) is 26.3 Å². The summed E-state index contributed by atoms with van der Waals surface area (Å²) in [4.78, 5) is 12.1. The van der Waals surface area contributed by atoms with Crippen LogP contribution in [0.4, 0.5) is 0 Å². The molecule has 0 aliphatic rings. The minimum absolute atomic E-state index is 0.0601. The second-order valence-corrected chi connectivity index (χ2v) is 5.89. The van der Waals surface area contributed by atoms with Crippen molar-refractivity contribution in [2.75, 3.05) is 6.61 Å². The molecule has 1 heterocycles. The van der Waals surface area contributed by atoms with Gasteiger partial charge in [-0.15, -0.1) is 0 Å². The molecule has 0 unspecified atom stereocenters. The SMILES string of the molecule is Cc1ccc(OCCC(=O)N[C@@H](C)c2cc3ccccc3o2)cc1. The molecule has 4 heteroatoms. The van der Waals surface area contributed by atoms with Gasteiger partial charge in [-0.1, -0.05) is 35.9 Å². The van der Waals surface area contributed by atoms with Crippen molar-refractivity contribution in [3.63, 3.8) is 0 Å². The highest BCUT2D eigenvalue weighted by molar-refractivity contribution is 5.79. The van der Waals surface area contributed by atoms with E-state index >= 15 is 0 Å². The maximum Gasteiger partial charge on any atom is 0.224 e. The standard InChI is InChI=1S/C20H21NO3/c1-14-7-9-17(10-8-14)23-12-11-20(22)21-15(2)19-13-16-5-3-4-6-18(16)24-19/h3-10,13,15H,11-12H2,1-2H3,(H,21,22)/t15-/m0/s1. The van der Waals surface area contributed by atoms with Crippen LogP contribution in [0.5, 0.6) is 5.75 Å². The van der Waals surface area contributed by atoms with Gasteiger partial charge in [-0.2, -0.15) is 0 Å². The third-order valence-corrected chi connectivity index (χ3v) is 3.87. The zero-order valence-electron chi connectivity index (χ0n) is 13.9. The van der Waals surface area contributed by atoms with E-state index in [1.54, 1.807) is 0 Å². The lowest BCUT2D eigenvalue weighted by Crippen LogP contribution is -2.27. The van der Waals surface area contributed by atoms with Crippen molar-refractivity contribution in [2.24, 2.45) is 0 Å². The van der Waals surface area contributed by atoms with Gasteiger partial charge < -0.3 is 14.5 Å². The number of para-hydroxylation sites is 1. The third kappa shape index (κ3) is 3.96. The molecule has 124 valence electrons. The lowest BCUT2D eigenvalue weighted by Gasteiger charge is -2.12. The summed E-state index contributed by atoms with van der Waals surface area (Å²) in [7, 11) is 0. The number of rotatable bonds is 6. The molecule has 0 aliphatic heterocycles. The zero-order chi connectivity index (χ0) is 16.9. The van der Waals surface area contributed by atoms with Gasteiger partial charge in [0, 0.05) is 5.39 Å². The van der Waals surface area contributed by atoms with Gasteiger partial charge in [0.2, 0.25) is 5.91 Å². The first kappa shape index (κ1) is 16.1. The average molecular weight is 323 g/mol. The molecule has 24 heavy (non-hydrogen) atoms. The van der Waals surface area contributed by atoms with Gasteiger partial charge in [0.15, 0.2) is 0 Å². The van der Waals surface area contributed by atoms with Gasteiger partial charge in [-0.25, -0.2) is 0 Å². The van der Waals surface area contributed by atoms with Crippen LogP contribution >= 0.6 is 0 Å². The summed E-state index contributed by atoms with van der Waals surface area (Å²) in [6.07, 6.45) is 0.304. The number of hydrogen-bond acceptors (Lipinski definition) is 3. The molecule has 0 bridgehead atoms. The highest BCUT2D eigenvalue weighted by atomic mass is 16.5. The maximum atomic E-state index is 12.1. The van der Waals surface area contributed by atoms with Crippen molar-refractivity contribution in [1.82, 2.24) is 5.32 Å². The van der Waals surface area contributed by atoms with Crippen molar-refractivity contribution in [3.05, 3.63) is 65.9 Å². The van der Waals surface area contributed by atoms with Crippen molar-refractivity contribution in [1.29, 1.82) is 0 Å². The molecule has 0 fully saturated rings. The number of ether oxygens (including phenoxy) is 1. The number of carbonyl (C=O) groups is 1. The molecule has 0 spiro atoms. The molecule has 1 aromatic heterocycles. The van der Waals surface area contributed by atoms with Gasteiger partial charge in [0.1, 0.15) is 17.1 Å². The Balaban J connectivity index is 1.49. The van der Waals surface area contributed by atoms with Gasteiger partial charge in [0.05, 0.1) is 19.1 Å². The largest absolute Gasteiger partial charge is 0.493 e. The van der Waals surface area contributed by atoms with Crippen molar-refractivity contribution < 1.29 is 13.9 Å². The van der Waals surface area contributed by atoms with Crippen molar-refractivity contribution >= 4 is 16.9 Å². The summed E-state index contributed by atoms with van der Waals surface area (Å²) in [6.45, 7) is 4.29. The first-order valence-corrected chi connectivity index (χ1v) is 8.09. The molecule has 0 aliphatic carbocycles. The second kappa shape index (κ2) is 7.21. The van der Waals surface area contributed by atoms with Crippen LogP contribution in [0.1, 0.15) is 30.7 Å². The van der Waals surface area contributed by atoms with Crippen LogP contribution in [0.25, 0.3) is 11.0 Å². The van der Waals surface area contributed by atoms with Crippen LogP contribution < -0.4 is 10.1 Å². The number of aryl methyl sites for hydroxylation is 1. The molecular weight excluding hydrogens is 302 g/mol. The van der Waals surface area contributed by atoms with Gasteiger partial charge in [0.25, 0.3) is 0 Å². The Morgan fingerprint density at radius 1 is 1.17 bits per heavy atom. The van der Waals surface area contributed by atoms with Crippen LogP contribution in [0.2, 0.25) is 0 Å². The molecular formula is C20H21NO3. The van der Waals surface area contributed by atoms with Crippen LogP contribution in [0.3, 0.4) is 0 Å². The lowest BCUT2D eigenvalue weighted by atomic mass is 10.2. The molecule has 3 aromatic rings. The molecule has 1 N–H and O–H groups in total. The van der Waals surface area contributed by atoms with E-state index in [0.717, 1.165) is 22.5 Å². The van der Waals surface area contributed by atoms with Crippen LogP contribution in [-0.4, -0.2) is 12.5 Å². The van der Waals surface area contributed by atoms with Crippen LogP contribution in [0, 0.1) is 6.92 Å². The first-order chi connectivity index (χ1) is 11.6. The van der Waals surface area contributed by atoms with E-state index in [2.05, 4.69) is 5.32 Å². The van der Waals surface area contributed by atoms with E-state index < -0.39 is 0 Å². The number of benzene rings is 2. The summed E-state index contributed by atoms with van der Waals surface area (Å²) in [5, 5.41) is 3.98. The lowest BCUT2D eigenvalue weighted by molar-refractivity contribution is -0.122. The predicted octanol–water partition coefficient (Wildman–Crippen LogP) is 4.39. The minimum Gasteiger partial charge on any atom is -0.493 e. The van der Waals surface area contributed by atoms with Gasteiger partial charge in [-0.05, 0) is 38.1 Å². The summed E-state index contributed by atoms with van der Waals surface area (Å²) in [5.41, 5.74) is 2.01. The monoisotopic (exact) mass is 323 g/mol. The number of hydrogen-bond donors (Lipinski definition) is 1. The molecule has 4 nitrogen and oxygen atoms in total. The minimum atomic E-state index is -0.177. The number of nitrogens with one attached hydrogen (secondary N) is 1. The van der Waals surface area contributed by atoms with Crippen LogP contribution in [-0.2, 0) is 4.79 Å². The Morgan fingerprint density at radius 3 is 2.67 bits per heavy atom. The fourth-order valence-electron chi connectivity index (χ4n) is 2.50. The molecule has 1 atom stereocenters. The Hall–Kier alpha value is -2.75. The summed E-state index contributed by atoms with van der Waals surface area (Å²) < 4.78 is 11.4. The van der Waals surface area contributed by atoms with Crippen LogP contribution in [0.15, 0.2) is 59.0 Å². The maximum absolute atomic E-state index is 12.1. The van der Waals surface area contributed by atoms with E-state index in [1.807, 2.05) is 68.4 Å². The second-order valence-electron chi connectivity index (χ2n) is 5.89. The Bertz CT molecular complexity index is 787. The average Bonchev–Trinajstić information content (AvgIpc) is 3.01. The van der Waals surface area contributed by atoms with E-state index in [4.69, 9.17) is 9.15 Å². The van der Waals surface area contributed by atoms with E-state index in [-0.39, 0.29) is 11.9 Å². The number of fused-ring (bicyclic) bond motifs is 1.